The highest BCUT2D eigenvalue weighted by Gasteiger charge is 2.19. The first-order valence-corrected chi connectivity index (χ1v) is 6.42. The highest BCUT2D eigenvalue weighted by atomic mass is 16.5. The lowest BCUT2D eigenvalue weighted by Crippen LogP contribution is -2.04. The normalized spacial score (nSPS) is 11.9. The Labute approximate surface area is 118 Å². The molecule has 0 saturated heterocycles. The van der Waals surface area contributed by atoms with Crippen molar-refractivity contribution in [2.45, 2.75) is 19.8 Å². The Bertz CT molecular complexity index is 650. The quantitative estimate of drug-likeness (QED) is 0.484. The van der Waals surface area contributed by atoms with Crippen molar-refractivity contribution in [2.24, 2.45) is 0 Å². The Morgan fingerprint density at radius 3 is 2.65 bits per heavy atom. The predicted molar refractivity (Wildman–Crippen MR) is 77.3 cm³/mol. The first-order chi connectivity index (χ1) is 9.58. The molecule has 1 heterocycles. The van der Waals surface area contributed by atoms with E-state index in [1.807, 2.05) is 24.3 Å². The van der Waals surface area contributed by atoms with E-state index in [1.165, 1.54) is 20.5 Å². The lowest BCUT2D eigenvalue weighted by Gasteiger charge is -2.06. The number of para-hydroxylation sites is 1. The zero-order valence-electron chi connectivity index (χ0n) is 12.1. The molecule has 20 heavy (non-hydrogen) atoms. The summed E-state index contributed by atoms with van der Waals surface area (Å²) < 4.78 is 15.7. The number of furan rings is 1. The van der Waals surface area contributed by atoms with Gasteiger partial charge in [-0.05, 0) is 6.07 Å². The lowest BCUT2D eigenvalue weighted by atomic mass is 10.0. The Morgan fingerprint density at radius 1 is 1.30 bits per heavy atom. The fraction of sp³-hybridized carbons (Fsp3) is 0.312. The van der Waals surface area contributed by atoms with Crippen LogP contribution in [0, 0.1) is 0 Å². The zero-order chi connectivity index (χ0) is 14.7. The fourth-order valence-corrected chi connectivity index (χ4v) is 2.03. The lowest BCUT2D eigenvalue weighted by molar-refractivity contribution is -0.133. The maximum Gasteiger partial charge on any atom is 0.341 e. The number of carbonyl (C=O) groups is 1. The van der Waals surface area contributed by atoms with Gasteiger partial charge in [-0.3, -0.25) is 0 Å². The standard InChI is InChI=1S/C16H18O4/c1-10(2)14-8-11-6-5-7-12(15(11)20-14)13(9-18-3)16(17)19-4/h5-10H,1-4H3/b13-9+. The highest BCUT2D eigenvalue weighted by molar-refractivity contribution is 6.19. The number of fused-ring (bicyclic) bond motifs is 1. The largest absolute Gasteiger partial charge is 0.503 e. The van der Waals surface area contributed by atoms with Gasteiger partial charge in [0.25, 0.3) is 0 Å². The van der Waals surface area contributed by atoms with Crippen LogP contribution in [0.3, 0.4) is 0 Å². The van der Waals surface area contributed by atoms with Crippen LogP contribution in [0.1, 0.15) is 31.1 Å². The van der Waals surface area contributed by atoms with E-state index >= 15 is 0 Å². The van der Waals surface area contributed by atoms with Crippen molar-refractivity contribution in [3.8, 4) is 0 Å². The van der Waals surface area contributed by atoms with Crippen molar-refractivity contribution in [3.05, 3.63) is 41.9 Å². The van der Waals surface area contributed by atoms with Gasteiger partial charge in [-0.25, -0.2) is 4.79 Å². The third kappa shape index (κ3) is 2.54. The van der Waals surface area contributed by atoms with Gasteiger partial charge in [-0.1, -0.05) is 32.0 Å². The summed E-state index contributed by atoms with van der Waals surface area (Å²) in [6.45, 7) is 4.12. The summed E-state index contributed by atoms with van der Waals surface area (Å²) in [6, 6.07) is 7.64. The number of methoxy groups -OCH3 is 2. The molecule has 0 spiro atoms. The van der Waals surface area contributed by atoms with Crippen LogP contribution < -0.4 is 0 Å². The number of hydrogen-bond donors (Lipinski definition) is 0. The van der Waals surface area contributed by atoms with Gasteiger partial charge in [-0.15, -0.1) is 0 Å². The zero-order valence-corrected chi connectivity index (χ0v) is 12.1. The van der Waals surface area contributed by atoms with Gasteiger partial charge < -0.3 is 13.9 Å². The Balaban J connectivity index is 2.63. The van der Waals surface area contributed by atoms with Crippen molar-refractivity contribution in [3.63, 3.8) is 0 Å². The minimum absolute atomic E-state index is 0.281. The van der Waals surface area contributed by atoms with Crippen LogP contribution >= 0.6 is 0 Å². The first-order valence-electron chi connectivity index (χ1n) is 6.42. The monoisotopic (exact) mass is 274 g/mol. The maximum absolute atomic E-state index is 11.9. The third-order valence-electron chi connectivity index (χ3n) is 3.06. The van der Waals surface area contributed by atoms with Gasteiger partial charge in [0.15, 0.2) is 0 Å². The Kier molecular flexibility index (Phi) is 4.13. The van der Waals surface area contributed by atoms with Gasteiger partial charge in [0, 0.05) is 16.9 Å². The van der Waals surface area contributed by atoms with Crippen molar-refractivity contribution < 1.29 is 18.7 Å². The molecule has 0 radical (unpaired) electrons. The van der Waals surface area contributed by atoms with Crippen LogP contribution in [0.15, 0.2) is 34.9 Å². The molecule has 0 saturated carbocycles. The van der Waals surface area contributed by atoms with Gasteiger partial charge in [0.1, 0.15) is 16.9 Å². The van der Waals surface area contributed by atoms with Crippen LogP contribution in [0.5, 0.6) is 0 Å². The molecule has 0 aliphatic carbocycles. The Hall–Kier alpha value is -2.23. The maximum atomic E-state index is 11.9. The second-order valence-electron chi connectivity index (χ2n) is 4.79. The molecule has 0 N–H and O–H groups in total. The van der Waals surface area contributed by atoms with E-state index in [1.54, 1.807) is 0 Å². The topological polar surface area (TPSA) is 48.7 Å². The molecule has 0 atom stereocenters. The average molecular weight is 274 g/mol. The molecule has 0 bridgehead atoms. The average Bonchev–Trinajstić information content (AvgIpc) is 2.88. The van der Waals surface area contributed by atoms with E-state index in [-0.39, 0.29) is 5.92 Å². The summed E-state index contributed by atoms with van der Waals surface area (Å²) in [5.41, 5.74) is 1.68. The van der Waals surface area contributed by atoms with E-state index < -0.39 is 5.97 Å². The molecule has 0 aliphatic rings. The number of hydrogen-bond acceptors (Lipinski definition) is 4. The van der Waals surface area contributed by atoms with Gasteiger partial charge in [0.2, 0.25) is 0 Å². The molecule has 106 valence electrons. The molecule has 0 unspecified atom stereocenters. The SMILES string of the molecule is CO/C=C(/C(=O)OC)c1cccc2cc(C(C)C)oc12. The summed E-state index contributed by atoms with van der Waals surface area (Å²) in [6.07, 6.45) is 1.37. The van der Waals surface area contributed by atoms with Crippen LogP contribution in [0.2, 0.25) is 0 Å². The van der Waals surface area contributed by atoms with E-state index in [4.69, 9.17) is 13.9 Å². The summed E-state index contributed by atoms with van der Waals surface area (Å²) in [4.78, 5) is 11.9. The first kappa shape index (κ1) is 14.2. The van der Waals surface area contributed by atoms with Gasteiger partial charge in [-0.2, -0.15) is 0 Å². The second-order valence-corrected chi connectivity index (χ2v) is 4.79. The Morgan fingerprint density at radius 2 is 2.05 bits per heavy atom. The molecule has 0 amide bonds. The second kappa shape index (κ2) is 5.82. The van der Waals surface area contributed by atoms with Crippen LogP contribution in [0.4, 0.5) is 0 Å². The molecule has 1 aromatic carbocycles. The van der Waals surface area contributed by atoms with Crippen molar-refractivity contribution in [2.75, 3.05) is 14.2 Å². The molecule has 0 fully saturated rings. The minimum atomic E-state index is -0.457. The van der Waals surface area contributed by atoms with Crippen LogP contribution in [-0.2, 0) is 14.3 Å². The number of ether oxygens (including phenoxy) is 2. The van der Waals surface area contributed by atoms with E-state index in [0.29, 0.717) is 16.7 Å². The summed E-state index contributed by atoms with van der Waals surface area (Å²) in [5, 5.41) is 0.956. The van der Waals surface area contributed by atoms with Crippen molar-refractivity contribution in [1.29, 1.82) is 0 Å². The number of rotatable bonds is 4. The summed E-state index contributed by atoms with van der Waals surface area (Å²) >= 11 is 0. The predicted octanol–water partition coefficient (Wildman–Crippen LogP) is 3.72. The van der Waals surface area contributed by atoms with Gasteiger partial charge in [0.05, 0.1) is 20.5 Å². The summed E-state index contributed by atoms with van der Waals surface area (Å²) in [7, 11) is 2.83. The molecule has 4 nitrogen and oxygen atoms in total. The molecule has 1 aromatic heterocycles. The summed E-state index contributed by atoms with van der Waals surface area (Å²) in [5.74, 6) is 0.708. The van der Waals surface area contributed by atoms with Crippen LogP contribution in [-0.4, -0.2) is 20.2 Å². The smallest absolute Gasteiger partial charge is 0.341 e. The van der Waals surface area contributed by atoms with Crippen molar-refractivity contribution >= 4 is 22.5 Å². The number of benzene rings is 1. The minimum Gasteiger partial charge on any atom is -0.503 e. The molecular weight excluding hydrogens is 256 g/mol. The van der Waals surface area contributed by atoms with E-state index in [2.05, 4.69) is 13.8 Å². The van der Waals surface area contributed by atoms with Gasteiger partial charge >= 0.3 is 5.97 Å². The fourth-order valence-electron chi connectivity index (χ4n) is 2.03. The van der Waals surface area contributed by atoms with Crippen molar-refractivity contribution in [1.82, 2.24) is 0 Å². The van der Waals surface area contributed by atoms with Crippen LogP contribution in [0.25, 0.3) is 16.5 Å². The molecular formula is C16H18O4. The highest BCUT2D eigenvalue weighted by Crippen LogP contribution is 2.31. The number of esters is 1. The molecule has 4 heteroatoms. The van der Waals surface area contributed by atoms with E-state index in [0.717, 1.165) is 11.1 Å². The molecule has 2 rings (SSSR count). The number of carbonyl (C=O) groups excluding carboxylic acids is 1. The molecule has 0 aliphatic heterocycles. The third-order valence-corrected chi connectivity index (χ3v) is 3.06. The molecule has 2 aromatic rings. The van der Waals surface area contributed by atoms with E-state index in [9.17, 15) is 4.79 Å².